The number of aliphatic hydroxyl groups excluding tert-OH is 1. The van der Waals surface area contributed by atoms with Crippen LogP contribution in [-0.4, -0.2) is 59.4 Å². The number of benzene rings is 1. The van der Waals surface area contributed by atoms with Crippen molar-refractivity contribution in [3.8, 4) is 0 Å². The van der Waals surface area contributed by atoms with Crippen LogP contribution in [0.1, 0.15) is 13.3 Å². The maximum Gasteiger partial charge on any atom is 0.337 e. The lowest BCUT2D eigenvalue weighted by atomic mass is 10.2. The van der Waals surface area contributed by atoms with E-state index < -0.39 is 16.8 Å². The Morgan fingerprint density at radius 1 is 1.48 bits per heavy atom. The summed E-state index contributed by atoms with van der Waals surface area (Å²) in [5, 5.41) is 23.2. The zero-order valence-electron chi connectivity index (χ0n) is 15.1. The van der Waals surface area contributed by atoms with Crippen LogP contribution in [0.4, 0.5) is 11.4 Å². The van der Waals surface area contributed by atoms with Gasteiger partial charge in [0.25, 0.3) is 11.6 Å². The molecule has 0 unspecified atom stereocenters. The van der Waals surface area contributed by atoms with E-state index in [2.05, 4.69) is 5.32 Å². The molecule has 10 heteroatoms. The molecule has 9 nitrogen and oxygen atoms in total. The average Bonchev–Trinajstić information content (AvgIpc) is 2.95. The van der Waals surface area contributed by atoms with Crippen molar-refractivity contribution in [3.63, 3.8) is 0 Å². The number of methoxy groups -OCH3 is 1. The Bertz CT molecular complexity index is 780. The average molecular weight is 395 g/mol. The Balaban J connectivity index is 2.42. The molecule has 2 rings (SSSR count). The van der Waals surface area contributed by atoms with Gasteiger partial charge in [0.1, 0.15) is 11.4 Å². The Hall–Kier alpha value is -2.59. The number of nitrogens with zero attached hydrogens (tertiary/aromatic N) is 2. The van der Waals surface area contributed by atoms with Crippen LogP contribution in [0.15, 0.2) is 34.4 Å². The van der Waals surface area contributed by atoms with E-state index >= 15 is 0 Å². The minimum absolute atomic E-state index is 0.0352. The van der Waals surface area contributed by atoms with Crippen LogP contribution < -0.4 is 5.32 Å². The Morgan fingerprint density at radius 2 is 2.22 bits per heavy atom. The first kappa shape index (κ1) is 20.7. The highest BCUT2D eigenvalue weighted by atomic mass is 32.2. The van der Waals surface area contributed by atoms with Crippen molar-refractivity contribution in [2.24, 2.45) is 0 Å². The Kier molecular flexibility index (Phi) is 7.19. The first-order valence-corrected chi connectivity index (χ1v) is 9.31. The summed E-state index contributed by atoms with van der Waals surface area (Å²) in [5.74, 6) is -0.382. The van der Waals surface area contributed by atoms with Gasteiger partial charge in [0, 0.05) is 17.5 Å². The van der Waals surface area contributed by atoms with E-state index in [0.29, 0.717) is 0 Å². The molecule has 1 aromatic carbocycles. The molecular formula is C17H21N3O6S. The number of hydrogen-bond acceptors (Lipinski definition) is 8. The Morgan fingerprint density at radius 3 is 2.81 bits per heavy atom. The van der Waals surface area contributed by atoms with Crippen LogP contribution in [0.25, 0.3) is 0 Å². The lowest BCUT2D eigenvalue weighted by Crippen LogP contribution is -2.31. The number of anilines is 1. The molecule has 1 aliphatic rings. The fraction of sp³-hybridized carbons (Fsp3) is 0.412. The second-order valence-corrected chi connectivity index (χ2v) is 6.87. The van der Waals surface area contributed by atoms with Crippen molar-refractivity contribution in [1.29, 1.82) is 0 Å². The van der Waals surface area contributed by atoms with Crippen molar-refractivity contribution in [3.05, 3.63) is 39.6 Å². The fourth-order valence-corrected chi connectivity index (χ4v) is 3.37. The third-order valence-corrected chi connectivity index (χ3v) is 5.05. The molecule has 0 spiro atoms. The first-order chi connectivity index (χ1) is 12.9. The molecule has 1 heterocycles. The van der Waals surface area contributed by atoms with Gasteiger partial charge in [0.2, 0.25) is 0 Å². The molecule has 1 aromatic rings. The zero-order valence-corrected chi connectivity index (χ0v) is 15.9. The van der Waals surface area contributed by atoms with E-state index in [-0.39, 0.29) is 42.3 Å². The van der Waals surface area contributed by atoms with Gasteiger partial charge in [-0.3, -0.25) is 14.9 Å². The summed E-state index contributed by atoms with van der Waals surface area (Å²) in [6.07, 6.45) is 0.941. The number of aliphatic hydroxyl groups is 1. The van der Waals surface area contributed by atoms with Gasteiger partial charge < -0.3 is 20.1 Å². The molecule has 0 radical (unpaired) electrons. The predicted octanol–water partition coefficient (Wildman–Crippen LogP) is 1.77. The largest absolute Gasteiger partial charge is 0.466 e. The molecule has 27 heavy (non-hydrogen) atoms. The van der Waals surface area contributed by atoms with E-state index in [1.165, 1.54) is 29.8 Å². The molecule has 0 bridgehead atoms. The number of nitro groups is 1. The van der Waals surface area contributed by atoms with Crippen molar-refractivity contribution >= 4 is 35.0 Å². The van der Waals surface area contributed by atoms with E-state index in [0.717, 1.165) is 17.1 Å². The van der Waals surface area contributed by atoms with Crippen molar-refractivity contribution in [1.82, 2.24) is 4.90 Å². The summed E-state index contributed by atoms with van der Waals surface area (Å²) in [7, 11) is 1.19. The summed E-state index contributed by atoms with van der Waals surface area (Å²) in [5.41, 5.74) is -0.0921. The summed E-state index contributed by atoms with van der Waals surface area (Å²) in [4.78, 5) is 37.5. The van der Waals surface area contributed by atoms with Gasteiger partial charge in [0.15, 0.2) is 0 Å². The Labute approximate surface area is 160 Å². The summed E-state index contributed by atoms with van der Waals surface area (Å²) >= 11 is 1.54. The highest BCUT2D eigenvalue weighted by Gasteiger charge is 2.35. The number of carbonyl (C=O) groups is 2. The van der Waals surface area contributed by atoms with Crippen LogP contribution in [-0.2, 0) is 14.3 Å². The fourth-order valence-electron chi connectivity index (χ4n) is 2.57. The number of β-amino-alcohol motifs (C(OH)–C–C–N with tert-alkyl or cyclic N) is 1. The molecule has 0 saturated heterocycles. The van der Waals surface area contributed by atoms with Crippen LogP contribution >= 0.6 is 11.8 Å². The minimum atomic E-state index is -0.703. The maximum atomic E-state index is 12.6. The minimum Gasteiger partial charge on any atom is -0.466 e. The lowest BCUT2D eigenvalue weighted by Gasteiger charge is -2.15. The van der Waals surface area contributed by atoms with Gasteiger partial charge in [-0.1, -0.05) is 6.92 Å². The molecule has 2 N–H and O–H groups in total. The molecule has 0 fully saturated rings. The number of ether oxygens (including phenoxy) is 1. The summed E-state index contributed by atoms with van der Waals surface area (Å²) in [6, 6.07) is 4.60. The van der Waals surface area contributed by atoms with E-state index in [1.54, 1.807) is 12.1 Å². The van der Waals surface area contributed by atoms with E-state index in [9.17, 15) is 19.7 Å². The molecule has 0 aromatic heterocycles. The number of thioether (sulfide) groups is 1. The van der Waals surface area contributed by atoms with Crippen molar-refractivity contribution in [2.45, 2.75) is 18.2 Å². The number of rotatable bonds is 9. The first-order valence-electron chi connectivity index (χ1n) is 8.32. The van der Waals surface area contributed by atoms with Gasteiger partial charge in [-0.15, -0.1) is 11.8 Å². The maximum absolute atomic E-state index is 12.6. The molecule has 146 valence electrons. The molecule has 0 atom stereocenters. The van der Waals surface area contributed by atoms with Gasteiger partial charge in [-0.05, 0) is 24.3 Å². The number of nitrogens with one attached hydrogen (secondary N) is 1. The van der Waals surface area contributed by atoms with Crippen LogP contribution in [0, 0.1) is 10.1 Å². The van der Waals surface area contributed by atoms with Gasteiger partial charge in [0.05, 0.1) is 30.8 Å². The third-order valence-electron chi connectivity index (χ3n) is 3.85. The van der Waals surface area contributed by atoms with Gasteiger partial charge in [-0.25, -0.2) is 4.79 Å². The molecule has 0 saturated carbocycles. The topological polar surface area (TPSA) is 122 Å². The molecule has 1 amide bonds. The number of esters is 1. The highest BCUT2D eigenvalue weighted by molar-refractivity contribution is 7.99. The monoisotopic (exact) mass is 395 g/mol. The van der Waals surface area contributed by atoms with Crippen LogP contribution in [0.3, 0.4) is 0 Å². The van der Waals surface area contributed by atoms with Crippen molar-refractivity contribution < 1.29 is 24.4 Å². The van der Waals surface area contributed by atoms with Gasteiger partial charge >= 0.3 is 5.97 Å². The SMILES string of the molecule is CCCSc1ccc([N+](=O)[O-])c(NC2=C(C(=O)OC)CN(CCO)C2=O)c1. The number of hydrogen-bond donors (Lipinski definition) is 2. The molecular weight excluding hydrogens is 374 g/mol. The van der Waals surface area contributed by atoms with Crippen molar-refractivity contribution in [2.75, 3.05) is 37.9 Å². The third kappa shape index (κ3) is 4.77. The van der Waals surface area contributed by atoms with E-state index in [4.69, 9.17) is 9.84 Å². The highest BCUT2D eigenvalue weighted by Crippen LogP contribution is 2.33. The van der Waals surface area contributed by atoms with E-state index in [1.807, 2.05) is 6.92 Å². The summed E-state index contributed by atoms with van der Waals surface area (Å²) in [6.45, 7) is 1.76. The summed E-state index contributed by atoms with van der Waals surface area (Å²) < 4.78 is 4.72. The smallest absolute Gasteiger partial charge is 0.337 e. The second kappa shape index (κ2) is 9.38. The predicted molar refractivity (Wildman–Crippen MR) is 100 cm³/mol. The molecule has 0 aliphatic carbocycles. The van der Waals surface area contributed by atoms with Gasteiger partial charge in [-0.2, -0.15) is 0 Å². The number of amides is 1. The second-order valence-electron chi connectivity index (χ2n) is 5.70. The van der Waals surface area contributed by atoms with Crippen LogP contribution in [0.2, 0.25) is 0 Å². The number of carbonyl (C=O) groups excluding carboxylic acids is 2. The zero-order chi connectivity index (χ0) is 20.0. The normalized spacial score (nSPS) is 13.9. The molecule has 1 aliphatic heterocycles. The van der Waals surface area contributed by atoms with Crippen LogP contribution in [0.5, 0.6) is 0 Å². The lowest BCUT2D eigenvalue weighted by molar-refractivity contribution is -0.384. The number of nitro benzene ring substituents is 1. The quantitative estimate of drug-likeness (QED) is 0.281. The standard InChI is InChI=1S/C17H21N3O6S/c1-3-8-27-11-4-5-14(20(24)25)13(9-11)18-15-12(17(23)26-2)10-19(6-7-21)16(15)22/h4-5,9,18,21H,3,6-8,10H2,1-2H3.